The number of nitrogens with one attached hydrogen (secondary N) is 1. The van der Waals surface area contributed by atoms with Crippen molar-refractivity contribution in [2.45, 2.75) is 6.92 Å². The fraction of sp³-hybridized carbons (Fsp3) is 0.200. The van der Waals surface area contributed by atoms with Gasteiger partial charge in [-0.3, -0.25) is 4.79 Å². The lowest BCUT2D eigenvalue weighted by molar-refractivity contribution is -0.118. The Morgan fingerprint density at radius 2 is 2.50 bits per heavy atom. The molecule has 1 N–H and O–H groups in total. The minimum atomic E-state index is -0.0394. The molecular weight excluding hydrogens is 200 g/mol. The quantitative estimate of drug-likeness (QED) is 0.775. The van der Waals surface area contributed by atoms with Gasteiger partial charge in [-0.1, -0.05) is 23.8 Å². The van der Waals surface area contributed by atoms with Crippen molar-refractivity contribution in [2.24, 2.45) is 0 Å². The topological polar surface area (TPSA) is 42.0 Å². The molecule has 0 aliphatic heterocycles. The highest BCUT2D eigenvalue weighted by atomic mass is 35.5. The molecule has 1 aromatic rings. The zero-order chi connectivity index (χ0) is 10.4. The molecule has 0 saturated carbocycles. The first-order chi connectivity index (χ1) is 6.68. The summed E-state index contributed by atoms with van der Waals surface area (Å²) in [5, 5.41) is 3.12. The number of amides is 1. The lowest BCUT2D eigenvalue weighted by Gasteiger charge is -1.95. The number of rotatable bonds is 3. The molecule has 0 aliphatic carbocycles. The molecule has 0 unspecified atom stereocenters. The van der Waals surface area contributed by atoms with Crippen LogP contribution in [0, 0.1) is 0 Å². The van der Waals surface area contributed by atoms with Gasteiger partial charge in [-0.2, -0.15) is 0 Å². The number of halogens is 1. The third-order valence-electron chi connectivity index (χ3n) is 1.53. The van der Waals surface area contributed by atoms with Crippen molar-refractivity contribution in [3.8, 4) is 0 Å². The van der Waals surface area contributed by atoms with Crippen molar-refractivity contribution in [1.29, 1.82) is 0 Å². The number of hydrogen-bond acceptors (Lipinski definition) is 2. The smallest absolute Gasteiger partial charge is 0.217 e. The Balaban J connectivity index is 2.47. The molecule has 0 saturated heterocycles. The lowest BCUT2D eigenvalue weighted by atomic mass is 10.2. The fourth-order valence-corrected chi connectivity index (χ4v) is 1.10. The molecule has 3 nitrogen and oxygen atoms in total. The van der Waals surface area contributed by atoms with Crippen LogP contribution in [0.2, 0.25) is 5.15 Å². The Morgan fingerprint density at radius 1 is 1.71 bits per heavy atom. The van der Waals surface area contributed by atoms with Crippen molar-refractivity contribution in [3.63, 3.8) is 0 Å². The van der Waals surface area contributed by atoms with E-state index in [0.29, 0.717) is 11.7 Å². The molecule has 1 rings (SSSR count). The van der Waals surface area contributed by atoms with Gasteiger partial charge in [-0.25, -0.2) is 4.98 Å². The summed E-state index contributed by atoms with van der Waals surface area (Å²) >= 11 is 5.69. The molecule has 0 aromatic carbocycles. The Morgan fingerprint density at radius 3 is 3.14 bits per heavy atom. The SMILES string of the molecule is CC(=O)NCC=Cc1ccnc(Cl)c1. The zero-order valence-electron chi connectivity index (χ0n) is 7.83. The van der Waals surface area contributed by atoms with Crippen LogP contribution in [0.3, 0.4) is 0 Å². The second-order valence-electron chi connectivity index (χ2n) is 2.75. The minimum Gasteiger partial charge on any atom is -0.353 e. The van der Waals surface area contributed by atoms with Gasteiger partial charge >= 0.3 is 0 Å². The van der Waals surface area contributed by atoms with Crippen LogP contribution in [0.4, 0.5) is 0 Å². The first kappa shape index (κ1) is 10.7. The maximum atomic E-state index is 10.5. The van der Waals surface area contributed by atoms with Gasteiger partial charge in [0.15, 0.2) is 0 Å². The third-order valence-corrected chi connectivity index (χ3v) is 1.74. The summed E-state index contributed by atoms with van der Waals surface area (Å²) in [5.74, 6) is -0.0394. The van der Waals surface area contributed by atoms with Crippen LogP contribution in [0.25, 0.3) is 6.08 Å². The molecule has 4 heteroatoms. The minimum absolute atomic E-state index is 0.0394. The van der Waals surface area contributed by atoms with E-state index in [4.69, 9.17) is 11.6 Å². The number of nitrogens with zero attached hydrogens (tertiary/aromatic N) is 1. The van der Waals surface area contributed by atoms with Gasteiger partial charge in [0, 0.05) is 19.7 Å². The van der Waals surface area contributed by atoms with Crippen molar-refractivity contribution in [3.05, 3.63) is 35.1 Å². The summed E-state index contributed by atoms with van der Waals surface area (Å²) in [6.07, 6.45) is 5.37. The van der Waals surface area contributed by atoms with Crippen LogP contribution >= 0.6 is 11.6 Å². The number of hydrogen-bond donors (Lipinski definition) is 1. The molecule has 0 radical (unpaired) electrons. The Hall–Kier alpha value is -1.35. The molecule has 1 aromatic heterocycles. The summed E-state index contributed by atoms with van der Waals surface area (Å²) in [6.45, 7) is 2.01. The van der Waals surface area contributed by atoms with Crippen molar-refractivity contribution in [1.82, 2.24) is 10.3 Å². The first-order valence-corrected chi connectivity index (χ1v) is 4.59. The van der Waals surface area contributed by atoms with Gasteiger partial charge < -0.3 is 5.32 Å². The van der Waals surface area contributed by atoms with E-state index in [9.17, 15) is 4.79 Å². The van der Waals surface area contributed by atoms with Gasteiger partial charge in [-0.15, -0.1) is 0 Å². The standard InChI is InChI=1S/C10H11ClN2O/c1-8(14)12-5-2-3-9-4-6-13-10(11)7-9/h2-4,6-7H,5H2,1H3,(H,12,14). The van der Waals surface area contributed by atoms with Gasteiger partial charge in [0.05, 0.1) is 0 Å². The highest BCUT2D eigenvalue weighted by Gasteiger charge is 1.89. The van der Waals surface area contributed by atoms with E-state index in [0.717, 1.165) is 5.56 Å². The van der Waals surface area contributed by atoms with E-state index in [1.165, 1.54) is 6.92 Å². The third kappa shape index (κ3) is 4.05. The summed E-state index contributed by atoms with van der Waals surface area (Å²) in [7, 11) is 0. The number of carbonyl (C=O) groups excluding carboxylic acids is 1. The molecular formula is C10H11ClN2O. The van der Waals surface area contributed by atoms with E-state index in [1.807, 2.05) is 18.2 Å². The predicted molar refractivity (Wildman–Crippen MR) is 57.0 cm³/mol. The molecule has 1 amide bonds. The Kier molecular flexibility index (Phi) is 4.13. The highest BCUT2D eigenvalue weighted by Crippen LogP contribution is 2.07. The maximum Gasteiger partial charge on any atom is 0.217 e. The van der Waals surface area contributed by atoms with E-state index in [-0.39, 0.29) is 5.91 Å². The normalized spacial score (nSPS) is 10.4. The average Bonchev–Trinajstić information content (AvgIpc) is 2.12. The molecule has 0 aliphatic rings. The lowest BCUT2D eigenvalue weighted by Crippen LogP contribution is -2.19. The van der Waals surface area contributed by atoms with Crippen LogP contribution in [0.15, 0.2) is 24.4 Å². The van der Waals surface area contributed by atoms with E-state index < -0.39 is 0 Å². The number of pyridine rings is 1. The summed E-state index contributed by atoms with van der Waals surface area (Å²) in [4.78, 5) is 14.4. The van der Waals surface area contributed by atoms with E-state index in [2.05, 4.69) is 10.3 Å². The molecule has 74 valence electrons. The average molecular weight is 211 g/mol. The predicted octanol–water partition coefficient (Wildman–Crippen LogP) is 1.88. The first-order valence-electron chi connectivity index (χ1n) is 4.21. The summed E-state index contributed by atoms with van der Waals surface area (Å²) in [5.41, 5.74) is 0.968. The Bertz CT molecular complexity index is 350. The van der Waals surface area contributed by atoms with E-state index in [1.54, 1.807) is 12.3 Å². The fourth-order valence-electron chi connectivity index (χ4n) is 0.919. The van der Waals surface area contributed by atoms with Crippen molar-refractivity contribution < 1.29 is 4.79 Å². The van der Waals surface area contributed by atoms with Crippen LogP contribution in [0.5, 0.6) is 0 Å². The van der Waals surface area contributed by atoms with Gasteiger partial charge in [0.2, 0.25) is 5.91 Å². The largest absolute Gasteiger partial charge is 0.353 e. The Labute approximate surface area is 87.8 Å². The molecule has 14 heavy (non-hydrogen) atoms. The zero-order valence-corrected chi connectivity index (χ0v) is 8.58. The second-order valence-corrected chi connectivity index (χ2v) is 3.14. The molecule has 0 fully saturated rings. The van der Waals surface area contributed by atoms with Gasteiger partial charge in [0.1, 0.15) is 5.15 Å². The molecule has 1 heterocycles. The molecule has 0 spiro atoms. The van der Waals surface area contributed by atoms with Gasteiger partial charge in [0.25, 0.3) is 0 Å². The van der Waals surface area contributed by atoms with Gasteiger partial charge in [-0.05, 0) is 17.7 Å². The van der Waals surface area contributed by atoms with Crippen LogP contribution in [-0.4, -0.2) is 17.4 Å². The van der Waals surface area contributed by atoms with Crippen LogP contribution in [0.1, 0.15) is 12.5 Å². The van der Waals surface area contributed by atoms with Crippen LogP contribution in [-0.2, 0) is 4.79 Å². The summed E-state index contributed by atoms with van der Waals surface area (Å²) in [6, 6.07) is 3.60. The number of carbonyl (C=O) groups is 1. The highest BCUT2D eigenvalue weighted by molar-refractivity contribution is 6.29. The van der Waals surface area contributed by atoms with Crippen molar-refractivity contribution in [2.75, 3.05) is 6.54 Å². The molecule has 0 bridgehead atoms. The number of aromatic nitrogens is 1. The second kappa shape index (κ2) is 5.40. The van der Waals surface area contributed by atoms with E-state index >= 15 is 0 Å². The summed E-state index contributed by atoms with van der Waals surface area (Å²) < 4.78 is 0. The van der Waals surface area contributed by atoms with Crippen LogP contribution < -0.4 is 5.32 Å². The molecule has 0 atom stereocenters. The van der Waals surface area contributed by atoms with Crippen molar-refractivity contribution >= 4 is 23.6 Å². The monoisotopic (exact) mass is 210 g/mol. The maximum absolute atomic E-state index is 10.5.